The number of carboxylic acid groups (broad SMARTS) is 1. The van der Waals surface area contributed by atoms with Crippen molar-refractivity contribution in [2.75, 3.05) is 13.6 Å². The van der Waals surface area contributed by atoms with Crippen LogP contribution in [-0.4, -0.2) is 41.6 Å². The second-order valence-electron chi connectivity index (χ2n) is 5.09. The monoisotopic (exact) mass is 292 g/mol. The zero-order valence-electron chi connectivity index (χ0n) is 12.7. The molecule has 0 saturated carbocycles. The maximum absolute atomic E-state index is 12.0. The summed E-state index contributed by atoms with van der Waals surface area (Å²) in [4.78, 5) is 24.2. The standard InChI is InChI=1S/C16H24N2O3/c1-3-14(12-13-8-5-4-6-9-13)18(2)16(21)17-11-7-10-15(19)20/h4-6,8-9,14H,3,7,10-12H2,1-2H3,(H,17,21)(H,19,20). The lowest BCUT2D eigenvalue weighted by molar-refractivity contribution is -0.137. The number of hydrogen-bond donors (Lipinski definition) is 2. The quantitative estimate of drug-likeness (QED) is 0.723. The molecule has 0 aliphatic rings. The lowest BCUT2D eigenvalue weighted by Crippen LogP contribution is -2.44. The minimum atomic E-state index is -0.840. The van der Waals surface area contributed by atoms with Crippen molar-refractivity contribution in [3.63, 3.8) is 0 Å². The van der Waals surface area contributed by atoms with Crippen LogP contribution in [0.5, 0.6) is 0 Å². The number of nitrogens with one attached hydrogen (secondary N) is 1. The molecular formula is C16H24N2O3. The molecule has 0 aliphatic carbocycles. The van der Waals surface area contributed by atoms with Gasteiger partial charge in [-0.25, -0.2) is 4.79 Å². The first kappa shape index (κ1) is 17.0. The first-order chi connectivity index (χ1) is 10.0. The van der Waals surface area contributed by atoms with Crippen LogP contribution in [-0.2, 0) is 11.2 Å². The van der Waals surface area contributed by atoms with Gasteiger partial charge in [0.15, 0.2) is 0 Å². The number of rotatable bonds is 8. The van der Waals surface area contributed by atoms with E-state index in [-0.39, 0.29) is 18.5 Å². The smallest absolute Gasteiger partial charge is 0.317 e. The molecule has 2 amide bonds. The molecule has 0 saturated heterocycles. The van der Waals surface area contributed by atoms with E-state index in [2.05, 4.69) is 24.4 Å². The molecule has 0 radical (unpaired) electrons. The Morgan fingerprint density at radius 3 is 2.52 bits per heavy atom. The second kappa shape index (κ2) is 9.00. The first-order valence-corrected chi connectivity index (χ1v) is 7.31. The fourth-order valence-electron chi connectivity index (χ4n) is 2.17. The Hall–Kier alpha value is -2.04. The Morgan fingerprint density at radius 1 is 1.29 bits per heavy atom. The van der Waals surface area contributed by atoms with Gasteiger partial charge in [0.1, 0.15) is 0 Å². The molecule has 5 nitrogen and oxygen atoms in total. The number of hydrogen-bond acceptors (Lipinski definition) is 2. The molecule has 1 atom stereocenters. The van der Waals surface area contributed by atoms with Crippen LogP contribution < -0.4 is 5.32 Å². The van der Waals surface area contributed by atoms with Crippen molar-refractivity contribution in [2.24, 2.45) is 0 Å². The molecular weight excluding hydrogens is 268 g/mol. The number of carbonyl (C=O) groups excluding carboxylic acids is 1. The lowest BCUT2D eigenvalue weighted by atomic mass is 10.0. The van der Waals surface area contributed by atoms with E-state index in [0.29, 0.717) is 13.0 Å². The normalized spacial score (nSPS) is 11.7. The van der Waals surface area contributed by atoms with Crippen molar-refractivity contribution in [1.29, 1.82) is 0 Å². The van der Waals surface area contributed by atoms with Gasteiger partial charge >= 0.3 is 12.0 Å². The predicted octanol–water partition coefficient (Wildman–Crippen LogP) is 2.51. The maximum atomic E-state index is 12.0. The molecule has 1 aromatic rings. The Morgan fingerprint density at radius 2 is 1.95 bits per heavy atom. The van der Waals surface area contributed by atoms with E-state index in [0.717, 1.165) is 12.8 Å². The Labute approximate surface area is 126 Å². The number of amides is 2. The van der Waals surface area contributed by atoms with Crippen LogP contribution in [0.1, 0.15) is 31.7 Å². The van der Waals surface area contributed by atoms with E-state index in [9.17, 15) is 9.59 Å². The topological polar surface area (TPSA) is 69.6 Å². The third kappa shape index (κ3) is 6.29. The summed E-state index contributed by atoms with van der Waals surface area (Å²) in [6.45, 7) is 2.44. The average Bonchev–Trinajstić information content (AvgIpc) is 2.49. The van der Waals surface area contributed by atoms with Crippen molar-refractivity contribution in [2.45, 2.75) is 38.6 Å². The molecule has 5 heteroatoms. The Balaban J connectivity index is 2.44. The van der Waals surface area contributed by atoms with E-state index in [4.69, 9.17) is 5.11 Å². The number of carbonyl (C=O) groups is 2. The average molecular weight is 292 g/mol. The van der Waals surface area contributed by atoms with E-state index >= 15 is 0 Å². The number of urea groups is 1. The number of carboxylic acids is 1. The van der Waals surface area contributed by atoms with Crippen LogP contribution in [0, 0.1) is 0 Å². The SMILES string of the molecule is CCC(Cc1ccccc1)N(C)C(=O)NCCCC(=O)O. The number of aliphatic carboxylic acids is 1. The van der Waals surface area contributed by atoms with Gasteiger partial charge in [-0.15, -0.1) is 0 Å². The highest BCUT2D eigenvalue weighted by Gasteiger charge is 2.18. The second-order valence-corrected chi connectivity index (χ2v) is 5.09. The molecule has 0 bridgehead atoms. The van der Waals surface area contributed by atoms with Gasteiger partial charge in [-0.05, 0) is 24.8 Å². The van der Waals surface area contributed by atoms with E-state index in [1.54, 1.807) is 11.9 Å². The van der Waals surface area contributed by atoms with Crippen molar-refractivity contribution >= 4 is 12.0 Å². The van der Waals surface area contributed by atoms with Crippen molar-refractivity contribution < 1.29 is 14.7 Å². The van der Waals surface area contributed by atoms with Crippen molar-refractivity contribution in [3.05, 3.63) is 35.9 Å². The zero-order chi connectivity index (χ0) is 15.7. The van der Waals surface area contributed by atoms with Crippen molar-refractivity contribution in [1.82, 2.24) is 10.2 Å². The first-order valence-electron chi connectivity index (χ1n) is 7.31. The van der Waals surface area contributed by atoms with Crippen LogP contribution in [0.25, 0.3) is 0 Å². The molecule has 116 valence electrons. The summed E-state index contributed by atoms with van der Waals surface area (Å²) < 4.78 is 0. The fraction of sp³-hybridized carbons (Fsp3) is 0.500. The Bertz CT molecular complexity index is 448. The molecule has 0 fully saturated rings. The minimum absolute atomic E-state index is 0.0746. The third-order valence-corrected chi connectivity index (χ3v) is 3.50. The van der Waals surface area contributed by atoms with Gasteiger partial charge in [0, 0.05) is 26.1 Å². The van der Waals surface area contributed by atoms with Gasteiger partial charge in [0.25, 0.3) is 0 Å². The zero-order valence-corrected chi connectivity index (χ0v) is 12.7. The minimum Gasteiger partial charge on any atom is -0.481 e. The maximum Gasteiger partial charge on any atom is 0.317 e. The highest BCUT2D eigenvalue weighted by atomic mass is 16.4. The van der Waals surface area contributed by atoms with Crippen LogP contribution in [0.15, 0.2) is 30.3 Å². The molecule has 21 heavy (non-hydrogen) atoms. The van der Waals surface area contributed by atoms with E-state index in [1.807, 2.05) is 18.2 Å². The summed E-state index contributed by atoms with van der Waals surface area (Å²) in [5.74, 6) is -0.840. The van der Waals surface area contributed by atoms with Gasteiger partial charge in [-0.1, -0.05) is 37.3 Å². The van der Waals surface area contributed by atoms with Gasteiger partial charge in [0.2, 0.25) is 0 Å². The molecule has 1 aromatic carbocycles. The highest BCUT2D eigenvalue weighted by Crippen LogP contribution is 2.11. The van der Waals surface area contributed by atoms with E-state index in [1.165, 1.54) is 5.56 Å². The summed E-state index contributed by atoms with van der Waals surface area (Å²) >= 11 is 0. The molecule has 1 rings (SSSR count). The third-order valence-electron chi connectivity index (χ3n) is 3.50. The van der Waals surface area contributed by atoms with E-state index < -0.39 is 5.97 Å². The number of benzene rings is 1. The molecule has 0 aliphatic heterocycles. The van der Waals surface area contributed by atoms with Crippen molar-refractivity contribution in [3.8, 4) is 0 Å². The number of likely N-dealkylation sites (N-methyl/N-ethyl adjacent to an activating group) is 1. The highest BCUT2D eigenvalue weighted by molar-refractivity contribution is 5.74. The van der Waals surface area contributed by atoms with Crippen LogP contribution in [0.4, 0.5) is 4.79 Å². The summed E-state index contributed by atoms with van der Waals surface area (Å²) in [7, 11) is 1.78. The molecule has 0 aromatic heterocycles. The molecule has 0 spiro atoms. The van der Waals surface area contributed by atoms with Crippen LogP contribution >= 0.6 is 0 Å². The predicted molar refractivity (Wildman–Crippen MR) is 82.3 cm³/mol. The fourth-order valence-corrected chi connectivity index (χ4v) is 2.17. The summed E-state index contributed by atoms with van der Waals surface area (Å²) in [6.07, 6.45) is 2.21. The summed E-state index contributed by atoms with van der Waals surface area (Å²) in [5, 5.41) is 11.3. The Kier molecular flexibility index (Phi) is 7.29. The van der Waals surface area contributed by atoms with Gasteiger partial charge in [0.05, 0.1) is 0 Å². The number of nitrogens with zero attached hydrogens (tertiary/aromatic N) is 1. The van der Waals surface area contributed by atoms with Crippen LogP contribution in [0.3, 0.4) is 0 Å². The van der Waals surface area contributed by atoms with Gasteiger partial charge in [-0.3, -0.25) is 4.79 Å². The van der Waals surface area contributed by atoms with Gasteiger partial charge < -0.3 is 15.3 Å². The lowest BCUT2D eigenvalue weighted by Gasteiger charge is -2.27. The molecule has 2 N–H and O–H groups in total. The molecule has 0 heterocycles. The van der Waals surface area contributed by atoms with Gasteiger partial charge in [-0.2, -0.15) is 0 Å². The van der Waals surface area contributed by atoms with Crippen LogP contribution in [0.2, 0.25) is 0 Å². The molecule has 1 unspecified atom stereocenters. The largest absolute Gasteiger partial charge is 0.481 e. The summed E-state index contributed by atoms with van der Waals surface area (Å²) in [6, 6.07) is 10.1. The summed E-state index contributed by atoms with van der Waals surface area (Å²) in [5.41, 5.74) is 1.20.